The third kappa shape index (κ3) is 1.72. The Bertz CT molecular complexity index is 761. The van der Waals surface area contributed by atoms with Gasteiger partial charge in [-0.05, 0) is 16.8 Å². The van der Waals surface area contributed by atoms with Crippen LogP contribution in [0.1, 0.15) is 0 Å². The van der Waals surface area contributed by atoms with Gasteiger partial charge in [-0.15, -0.1) is 11.3 Å². The number of hydrogen-bond acceptors (Lipinski definition) is 4. The topological polar surface area (TPSA) is 37.9 Å². The number of ether oxygens (including phenoxy) is 1. The number of hydrogen-bond donors (Lipinski definition) is 1. The van der Waals surface area contributed by atoms with Gasteiger partial charge in [-0.1, -0.05) is 30.4 Å². The normalized spacial score (nSPS) is 10.7. The number of thiophene rings is 1. The van der Waals surface area contributed by atoms with E-state index < -0.39 is 0 Å². The lowest BCUT2D eigenvalue weighted by Gasteiger charge is -2.08. The van der Waals surface area contributed by atoms with Gasteiger partial charge >= 0.3 is 0 Å². The lowest BCUT2D eigenvalue weighted by Crippen LogP contribution is -1.94. The summed E-state index contributed by atoms with van der Waals surface area (Å²) in [6.45, 7) is 0. The van der Waals surface area contributed by atoms with Crippen LogP contribution in [0.5, 0.6) is 5.75 Å². The minimum Gasteiger partial charge on any atom is -0.491 e. The molecule has 0 radical (unpaired) electrons. The van der Waals surface area contributed by atoms with E-state index >= 15 is 0 Å². The second kappa shape index (κ2) is 4.51. The molecule has 0 aliphatic heterocycles. The molecule has 0 aliphatic rings. The number of rotatable bonds is 2. The van der Waals surface area contributed by atoms with Gasteiger partial charge in [0.15, 0.2) is 10.4 Å². The summed E-state index contributed by atoms with van der Waals surface area (Å²) in [5.41, 5.74) is 1.97. The molecule has 0 saturated carbocycles. The van der Waals surface area contributed by atoms with E-state index in [1.165, 1.54) is 10.1 Å². The summed E-state index contributed by atoms with van der Waals surface area (Å²) >= 11 is 6.89. The molecule has 0 atom stereocenters. The molecule has 90 valence electrons. The molecule has 0 bridgehead atoms. The Labute approximate surface area is 113 Å². The SMILES string of the molecule is COc1c(-c2cccc3ccsc23)[nH]cnc1=S. The number of aromatic amines is 1. The zero-order chi connectivity index (χ0) is 12.5. The summed E-state index contributed by atoms with van der Waals surface area (Å²) < 4.78 is 7.05. The standard InChI is InChI=1S/C13H10N2OS2/c1-16-11-10(14-7-15-13(11)17)9-4-2-3-8-5-6-18-12(8)9/h2-7H,1H3,(H,14,15,17). The van der Waals surface area contributed by atoms with E-state index in [2.05, 4.69) is 33.5 Å². The van der Waals surface area contributed by atoms with Gasteiger partial charge in [0.2, 0.25) is 0 Å². The van der Waals surface area contributed by atoms with Crippen LogP contribution in [-0.2, 0) is 0 Å². The predicted molar refractivity (Wildman–Crippen MR) is 76.8 cm³/mol. The van der Waals surface area contributed by atoms with E-state index in [9.17, 15) is 0 Å². The van der Waals surface area contributed by atoms with Crippen LogP contribution in [0.2, 0.25) is 0 Å². The number of benzene rings is 1. The van der Waals surface area contributed by atoms with Crippen LogP contribution in [0.3, 0.4) is 0 Å². The zero-order valence-corrected chi connectivity index (χ0v) is 11.3. The molecule has 1 N–H and O–H groups in total. The molecule has 0 amide bonds. The second-order valence-electron chi connectivity index (χ2n) is 3.76. The quantitative estimate of drug-likeness (QED) is 0.717. The maximum atomic E-state index is 5.36. The second-order valence-corrected chi connectivity index (χ2v) is 5.06. The van der Waals surface area contributed by atoms with E-state index in [0.717, 1.165) is 11.3 Å². The molecule has 3 aromatic rings. The van der Waals surface area contributed by atoms with Crippen LogP contribution in [0, 0.1) is 4.64 Å². The number of nitrogens with zero attached hydrogens (tertiary/aromatic N) is 1. The average molecular weight is 274 g/mol. The third-order valence-electron chi connectivity index (χ3n) is 2.76. The first-order chi connectivity index (χ1) is 8.81. The van der Waals surface area contributed by atoms with Crippen LogP contribution >= 0.6 is 23.6 Å². The van der Waals surface area contributed by atoms with Gasteiger partial charge in [-0.3, -0.25) is 0 Å². The van der Waals surface area contributed by atoms with Gasteiger partial charge < -0.3 is 9.72 Å². The van der Waals surface area contributed by atoms with Crippen molar-refractivity contribution >= 4 is 33.6 Å². The van der Waals surface area contributed by atoms with Crippen LogP contribution < -0.4 is 4.74 Å². The molecular formula is C13H10N2OS2. The third-order valence-corrected chi connectivity index (χ3v) is 4.02. The van der Waals surface area contributed by atoms with Crippen molar-refractivity contribution in [1.82, 2.24) is 9.97 Å². The summed E-state index contributed by atoms with van der Waals surface area (Å²) in [5, 5.41) is 3.30. The van der Waals surface area contributed by atoms with Crippen molar-refractivity contribution in [2.45, 2.75) is 0 Å². The van der Waals surface area contributed by atoms with E-state index in [-0.39, 0.29) is 0 Å². The molecular weight excluding hydrogens is 264 g/mol. The molecule has 5 heteroatoms. The molecule has 2 heterocycles. The maximum Gasteiger partial charge on any atom is 0.179 e. The van der Waals surface area contributed by atoms with Crippen LogP contribution in [0.4, 0.5) is 0 Å². The first-order valence-electron chi connectivity index (χ1n) is 5.39. The number of H-pyrrole nitrogens is 1. The molecule has 0 aliphatic carbocycles. The molecule has 0 fully saturated rings. The molecule has 0 saturated heterocycles. The Morgan fingerprint density at radius 3 is 3.06 bits per heavy atom. The van der Waals surface area contributed by atoms with Crippen LogP contribution in [0.25, 0.3) is 21.3 Å². The lowest BCUT2D eigenvalue weighted by molar-refractivity contribution is 0.411. The van der Waals surface area contributed by atoms with Crippen LogP contribution in [0.15, 0.2) is 36.0 Å². The molecule has 3 rings (SSSR count). The van der Waals surface area contributed by atoms with Crippen LogP contribution in [-0.4, -0.2) is 17.1 Å². The largest absolute Gasteiger partial charge is 0.491 e. The fraction of sp³-hybridized carbons (Fsp3) is 0.0769. The Kier molecular flexibility index (Phi) is 2.85. The Balaban J connectivity index is 2.36. The maximum absolute atomic E-state index is 5.36. The van der Waals surface area contributed by atoms with Crippen molar-refractivity contribution in [3.05, 3.63) is 40.6 Å². The highest BCUT2D eigenvalue weighted by Gasteiger charge is 2.12. The fourth-order valence-corrected chi connectivity index (χ4v) is 3.12. The summed E-state index contributed by atoms with van der Waals surface area (Å²) in [7, 11) is 1.61. The van der Waals surface area contributed by atoms with Crippen molar-refractivity contribution in [3.63, 3.8) is 0 Å². The Morgan fingerprint density at radius 1 is 1.33 bits per heavy atom. The summed E-state index contributed by atoms with van der Waals surface area (Å²) in [5.74, 6) is 0.619. The van der Waals surface area contributed by atoms with Crippen molar-refractivity contribution in [1.29, 1.82) is 0 Å². The van der Waals surface area contributed by atoms with Gasteiger partial charge in [0.05, 0.1) is 19.1 Å². The average Bonchev–Trinajstić information content (AvgIpc) is 2.86. The highest BCUT2D eigenvalue weighted by Crippen LogP contribution is 2.35. The van der Waals surface area contributed by atoms with Gasteiger partial charge in [-0.25, -0.2) is 4.98 Å². The molecule has 3 nitrogen and oxygen atoms in total. The fourth-order valence-electron chi connectivity index (χ4n) is 1.97. The predicted octanol–water partition coefficient (Wildman–Crippen LogP) is 4.03. The van der Waals surface area contributed by atoms with Crippen molar-refractivity contribution in [3.8, 4) is 17.0 Å². The minimum absolute atomic E-state index is 0.472. The van der Waals surface area contributed by atoms with Gasteiger partial charge in [0.25, 0.3) is 0 Å². The Morgan fingerprint density at radius 2 is 2.22 bits per heavy atom. The van der Waals surface area contributed by atoms with Gasteiger partial charge in [0.1, 0.15) is 0 Å². The molecule has 0 unspecified atom stereocenters. The summed E-state index contributed by atoms with van der Waals surface area (Å²) in [6, 6.07) is 8.28. The van der Waals surface area contributed by atoms with E-state index in [1.807, 2.05) is 6.07 Å². The summed E-state index contributed by atoms with van der Waals surface area (Å²) in [4.78, 5) is 7.17. The minimum atomic E-state index is 0.472. The first kappa shape index (κ1) is 11.4. The number of aromatic nitrogens is 2. The first-order valence-corrected chi connectivity index (χ1v) is 6.68. The number of fused-ring (bicyclic) bond motifs is 1. The highest BCUT2D eigenvalue weighted by molar-refractivity contribution is 7.71. The van der Waals surface area contributed by atoms with E-state index in [4.69, 9.17) is 17.0 Å². The molecule has 1 aromatic carbocycles. The molecule has 18 heavy (non-hydrogen) atoms. The summed E-state index contributed by atoms with van der Waals surface area (Å²) in [6.07, 6.45) is 1.60. The van der Waals surface area contributed by atoms with E-state index in [0.29, 0.717) is 10.4 Å². The monoisotopic (exact) mass is 274 g/mol. The van der Waals surface area contributed by atoms with Crippen molar-refractivity contribution in [2.75, 3.05) is 7.11 Å². The zero-order valence-electron chi connectivity index (χ0n) is 9.64. The molecule has 0 spiro atoms. The highest BCUT2D eigenvalue weighted by atomic mass is 32.1. The van der Waals surface area contributed by atoms with E-state index in [1.54, 1.807) is 24.8 Å². The smallest absolute Gasteiger partial charge is 0.179 e. The van der Waals surface area contributed by atoms with Gasteiger partial charge in [0, 0.05) is 10.3 Å². The number of nitrogens with one attached hydrogen (secondary N) is 1. The van der Waals surface area contributed by atoms with Crippen molar-refractivity contribution < 1.29 is 4.74 Å². The molecule has 2 aromatic heterocycles. The van der Waals surface area contributed by atoms with Gasteiger partial charge in [-0.2, -0.15) is 0 Å². The van der Waals surface area contributed by atoms with Crippen molar-refractivity contribution in [2.24, 2.45) is 0 Å². The lowest BCUT2D eigenvalue weighted by atomic mass is 10.1. The number of methoxy groups -OCH3 is 1. The Hall–Kier alpha value is -1.72.